The first-order valence-electron chi connectivity index (χ1n) is 4.94. The van der Waals surface area contributed by atoms with Crippen LogP contribution in [0.2, 0.25) is 0 Å². The van der Waals surface area contributed by atoms with Gasteiger partial charge >= 0.3 is 6.30 Å². The van der Waals surface area contributed by atoms with Crippen molar-refractivity contribution in [3.63, 3.8) is 0 Å². The molecule has 1 heterocycles. The van der Waals surface area contributed by atoms with Crippen LogP contribution in [0.3, 0.4) is 0 Å². The lowest BCUT2D eigenvalue weighted by Gasteiger charge is -2.27. The maximum Gasteiger partial charge on any atom is 0.499 e. The van der Waals surface area contributed by atoms with Gasteiger partial charge in [-0.2, -0.15) is 0 Å². The Morgan fingerprint density at radius 1 is 1.18 bits per heavy atom. The van der Waals surface area contributed by atoms with Gasteiger partial charge in [0.25, 0.3) is 0 Å². The highest BCUT2D eigenvalue weighted by Crippen LogP contribution is 2.21. The Morgan fingerprint density at radius 3 is 2.41 bits per heavy atom. The van der Waals surface area contributed by atoms with Crippen LogP contribution in [0.5, 0.6) is 0 Å². The second-order valence-electron chi connectivity index (χ2n) is 3.45. The first kappa shape index (κ1) is 11.5. The molecular weight excluding hydrogens is 231 g/mol. The third kappa shape index (κ3) is 2.77. The molecule has 0 aliphatic rings. The van der Waals surface area contributed by atoms with E-state index in [1.54, 1.807) is 30.3 Å². The third-order valence-electron chi connectivity index (χ3n) is 2.24. The number of nitrogens with zero attached hydrogens (tertiary/aromatic N) is 3. The van der Waals surface area contributed by atoms with Gasteiger partial charge in [0.05, 0.1) is 6.54 Å². The highest BCUT2D eigenvalue weighted by atomic mass is 19.4. The lowest BCUT2D eigenvalue weighted by Crippen LogP contribution is -2.45. The van der Waals surface area contributed by atoms with E-state index in [0.717, 1.165) is 11.0 Å². The monoisotopic (exact) mass is 241 g/mol. The zero-order chi connectivity index (χ0) is 12.3. The van der Waals surface area contributed by atoms with E-state index in [4.69, 9.17) is 0 Å². The van der Waals surface area contributed by atoms with E-state index in [2.05, 4.69) is 4.98 Å². The minimum atomic E-state index is -4.45. The van der Waals surface area contributed by atoms with Gasteiger partial charge in [-0.15, -0.1) is 13.2 Å². The van der Waals surface area contributed by atoms with Gasteiger partial charge in [0.2, 0.25) is 0 Å². The van der Waals surface area contributed by atoms with Crippen LogP contribution in [0.4, 0.5) is 13.2 Å². The lowest BCUT2D eigenvalue weighted by atomic mass is 10.2. The van der Waals surface area contributed by atoms with Crippen LogP contribution in [0.1, 0.15) is 5.56 Å². The van der Waals surface area contributed by atoms with E-state index in [0.29, 0.717) is 5.56 Å². The van der Waals surface area contributed by atoms with Crippen molar-refractivity contribution in [2.24, 2.45) is 0 Å². The maximum atomic E-state index is 12.8. The summed E-state index contributed by atoms with van der Waals surface area (Å²) in [5.41, 5.74) is 0.582. The summed E-state index contributed by atoms with van der Waals surface area (Å²) in [5.74, 6) is 0. The number of hydrogen-bond donors (Lipinski definition) is 0. The largest absolute Gasteiger partial charge is 0.499 e. The van der Waals surface area contributed by atoms with Crippen molar-refractivity contribution in [2.75, 3.05) is 5.01 Å². The highest BCUT2D eigenvalue weighted by Gasteiger charge is 2.37. The average molecular weight is 241 g/mol. The molecule has 2 rings (SSSR count). The van der Waals surface area contributed by atoms with E-state index in [1.807, 2.05) is 0 Å². The number of hydrogen-bond acceptors (Lipinski definition) is 2. The molecule has 1 aromatic heterocycles. The van der Waals surface area contributed by atoms with Crippen LogP contribution in [0.25, 0.3) is 0 Å². The second-order valence-corrected chi connectivity index (χ2v) is 3.45. The van der Waals surface area contributed by atoms with E-state index < -0.39 is 6.30 Å². The van der Waals surface area contributed by atoms with Gasteiger partial charge in [0.1, 0.15) is 6.33 Å². The second kappa shape index (κ2) is 4.48. The molecule has 0 atom stereocenters. The molecule has 3 nitrogen and oxygen atoms in total. The van der Waals surface area contributed by atoms with Crippen molar-refractivity contribution in [1.82, 2.24) is 9.66 Å². The van der Waals surface area contributed by atoms with Crippen LogP contribution in [0, 0.1) is 0 Å². The van der Waals surface area contributed by atoms with Crippen LogP contribution in [0.15, 0.2) is 49.1 Å². The molecule has 0 N–H and O–H groups in total. The smallest absolute Gasteiger partial charge is 0.245 e. The minimum Gasteiger partial charge on any atom is -0.245 e. The third-order valence-corrected chi connectivity index (χ3v) is 2.24. The fraction of sp³-hybridized carbons (Fsp3) is 0.182. The van der Waals surface area contributed by atoms with Crippen molar-refractivity contribution in [1.29, 1.82) is 0 Å². The molecule has 0 fully saturated rings. The standard InChI is InChI=1S/C11H10F3N3/c12-11(13,14)17(16-7-6-15-9-16)8-10-4-2-1-3-5-10/h1-7,9H,8H2. The number of rotatable bonds is 3. The van der Waals surface area contributed by atoms with E-state index in [9.17, 15) is 13.2 Å². The number of aromatic nitrogens is 2. The first-order chi connectivity index (χ1) is 8.07. The average Bonchev–Trinajstić information content (AvgIpc) is 2.79. The lowest BCUT2D eigenvalue weighted by molar-refractivity contribution is -0.147. The summed E-state index contributed by atoms with van der Waals surface area (Å²) in [4.78, 5) is 3.62. The molecule has 0 aliphatic heterocycles. The number of alkyl halides is 3. The first-order valence-corrected chi connectivity index (χ1v) is 4.94. The van der Waals surface area contributed by atoms with Crippen molar-refractivity contribution in [3.05, 3.63) is 54.6 Å². The molecule has 0 amide bonds. The molecule has 90 valence electrons. The molecule has 0 aliphatic carbocycles. The Kier molecular flexibility index (Phi) is 3.03. The number of imidazole rings is 1. The quantitative estimate of drug-likeness (QED) is 0.770. The van der Waals surface area contributed by atoms with Gasteiger partial charge in [-0.3, -0.25) is 0 Å². The normalized spacial score (nSPS) is 11.5. The van der Waals surface area contributed by atoms with Crippen molar-refractivity contribution in [3.8, 4) is 0 Å². The minimum absolute atomic E-state index is 0.249. The van der Waals surface area contributed by atoms with Gasteiger partial charge in [-0.05, 0) is 5.56 Å². The Hall–Kier alpha value is -1.98. The number of benzene rings is 1. The summed E-state index contributed by atoms with van der Waals surface area (Å²) in [7, 11) is 0. The Labute approximate surface area is 96.1 Å². The molecule has 0 radical (unpaired) electrons. The van der Waals surface area contributed by atoms with E-state index in [1.165, 1.54) is 12.4 Å². The van der Waals surface area contributed by atoms with Crippen molar-refractivity contribution >= 4 is 0 Å². The van der Waals surface area contributed by atoms with Crippen molar-refractivity contribution in [2.45, 2.75) is 12.8 Å². The summed E-state index contributed by atoms with van der Waals surface area (Å²) in [6.45, 7) is -0.249. The molecule has 0 unspecified atom stereocenters. The van der Waals surface area contributed by atoms with E-state index in [-0.39, 0.29) is 11.6 Å². The van der Waals surface area contributed by atoms with Crippen molar-refractivity contribution < 1.29 is 13.2 Å². The van der Waals surface area contributed by atoms with Crippen LogP contribution < -0.4 is 5.01 Å². The van der Waals surface area contributed by atoms with Gasteiger partial charge in [0, 0.05) is 12.4 Å². The highest BCUT2D eigenvalue weighted by molar-refractivity contribution is 5.17. The van der Waals surface area contributed by atoms with Crippen LogP contribution >= 0.6 is 0 Å². The van der Waals surface area contributed by atoms with Crippen LogP contribution in [-0.2, 0) is 6.54 Å². The summed E-state index contributed by atoms with van der Waals surface area (Å²) in [6, 6.07) is 8.47. The zero-order valence-electron chi connectivity index (χ0n) is 8.80. The molecule has 0 saturated heterocycles. The molecule has 6 heteroatoms. The van der Waals surface area contributed by atoms with Gasteiger partial charge in [-0.1, -0.05) is 30.3 Å². The Balaban J connectivity index is 2.24. The molecular formula is C11H10F3N3. The van der Waals surface area contributed by atoms with Gasteiger partial charge in [0.15, 0.2) is 0 Å². The predicted molar refractivity (Wildman–Crippen MR) is 56.6 cm³/mol. The fourth-order valence-electron chi connectivity index (χ4n) is 1.45. The molecule has 0 bridgehead atoms. The fourth-order valence-corrected chi connectivity index (χ4v) is 1.45. The predicted octanol–water partition coefficient (Wildman–Crippen LogP) is 2.54. The van der Waals surface area contributed by atoms with Gasteiger partial charge < -0.3 is 0 Å². The topological polar surface area (TPSA) is 21.1 Å². The Bertz CT molecular complexity index is 451. The molecule has 2 aromatic rings. The molecule has 17 heavy (non-hydrogen) atoms. The Morgan fingerprint density at radius 2 is 1.88 bits per heavy atom. The SMILES string of the molecule is FC(F)(F)N(Cc1ccccc1)n1ccnc1. The molecule has 0 saturated carbocycles. The summed E-state index contributed by atoms with van der Waals surface area (Å²) >= 11 is 0. The molecule has 0 spiro atoms. The maximum absolute atomic E-state index is 12.8. The zero-order valence-corrected chi connectivity index (χ0v) is 8.80. The van der Waals surface area contributed by atoms with E-state index >= 15 is 0 Å². The van der Waals surface area contributed by atoms with Gasteiger partial charge in [-0.25, -0.2) is 14.7 Å². The van der Waals surface area contributed by atoms with Crippen LogP contribution in [-0.4, -0.2) is 16.0 Å². The number of halogens is 3. The summed E-state index contributed by atoms with van der Waals surface area (Å²) in [6.07, 6.45) is -0.757. The summed E-state index contributed by atoms with van der Waals surface area (Å²) in [5, 5.41) is 0.287. The molecule has 1 aromatic carbocycles. The summed E-state index contributed by atoms with van der Waals surface area (Å²) < 4.78 is 39.5.